The summed E-state index contributed by atoms with van der Waals surface area (Å²) in [6.07, 6.45) is 3.25. The number of aromatic nitrogens is 2. The Morgan fingerprint density at radius 3 is 2.64 bits per heavy atom. The Morgan fingerprint density at radius 2 is 1.89 bits per heavy atom. The van der Waals surface area contributed by atoms with Crippen LogP contribution in [0.1, 0.15) is 5.56 Å². The van der Waals surface area contributed by atoms with Gasteiger partial charge in [0.15, 0.2) is 0 Å². The zero-order chi connectivity index (χ0) is 19.8. The van der Waals surface area contributed by atoms with Gasteiger partial charge in [-0.15, -0.1) is 0 Å². The summed E-state index contributed by atoms with van der Waals surface area (Å²) in [6.45, 7) is 1.95. The zero-order valence-electron chi connectivity index (χ0n) is 14.8. The molecule has 2 aromatic carbocycles. The maximum atomic E-state index is 10.7. The molecule has 0 unspecified atom stereocenters. The minimum Gasteiger partial charge on any atom is -0.424 e. The van der Waals surface area contributed by atoms with Crippen molar-refractivity contribution in [1.82, 2.24) is 15.3 Å². The van der Waals surface area contributed by atoms with Crippen LogP contribution in [0.25, 0.3) is 0 Å². The monoisotopic (exact) mass is 399 g/mol. The minimum absolute atomic E-state index is 0.0309. The molecule has 0 spiro atoms. The van der Waals surface area contributed by atoms with Crippen LogP contribution >= 0.6 is 11.6 Å². The van der Waals surface area contributed by atoms with Gasteiger partial charge in [0, 0.05) is 44.2 Å². The summed E-state index contributed by atoms with van der Waals surface area (Å²) in [5.41, 5.74) is 1.69. The van der Waals surface area contributed by atoms with Gasteiger partial charge in [0.2, 0.25) is 0 Å². The molecule has 3 rings (SSSR count). The number of nitro benzene ring substituents is 1. The molecular formula is C19H18ClN5O3. The number of hydrogen-bond donors (Lipinski definition) is 2. The van der Waals surface area contributed by atoms with Crippen molar-refractivity contribution in [3.05, 3.63) is 81.6 Å². The quantitative estimate of drug-likeness (QED) is 0.318. The van der Waals surface area contributed by atoms with E-state index in [0.717, 1.165) is 5.56 Å². The van der Waals surface area contributed by atoms with Crippen molar-refractivity contribution in [3.8, 4) is 11.8 Å². The second kappa shape index (κ2) is 9.63. The Hall–Kier alpha value is -3.23. The molecule has 3 aromatic rings. The Balaban J connectivity index is 1.44. The molecule has 0 aliphatic heterocycles. The average molecular weight is 400 g/mol. The number of hydrogen-bond acceptors (Lipinski definition) is 7. The highest BCUT2D eigenvalue weighted by atomic mass is 35.5. The summed E-state index contributed by atoms with van der Waals surface area (Å²) in [6, 6.07) is 14.1. The van der Waals surface area contributed by atoms with Crippen molar-refractivity contribution >= 4 is 23.0 Å². The summed E-state index contributed by atoms with van der Waals surface area (Å²) in [4.78, 5) is 18.3. The van der Waals surface area contributed by atoms with Gasteiger partial charge >= 0.3 is 6.01 Å². The topological polar surface area (TPSA) is 102 Å². The lowest BCUT2D eigenvalue weighted by Gasteiger charge is -2.10. The smallest absolute Gasteiger partial charge is 0.321 e. The van der Waals surface area contributed by atoms with Gasteiger partial charge in [0.25, 0.3) is 5.69 Å². The number of rotatable bonds is 9. The molecule has 0 atom stereocenters. The number of ether oxygens (including phenoxy) is 1. The molecular weight excluding hydrogens is 382 g/mol. The van der Waals surface area contributed by atoms with E-state index in [1.54, 1.807) is 24.5 Å². The third kappa shape index (κ3) is 5.63. The van der Waals surface area contributed by atoms with E-state index in [9.17, 15) is 10.1 Å². The molecule has 1 aromatic heterocycles. The van der Waals surface area contributed by atoms with Crippen molar-refractivity contribution in [2.75, 3.05) is 18.4 Å². The zero-order valence-corrected chi connectivity index (χ0v) is 15.6. The highest BCUT2D eigenvalue weighted by Gasteiger charge is 2.08. The normalized spacial score (nSPS) is 10.5. The lowest BCUT2D eigenvalue weighted by molar-refractivity contribution is -0.384. The lowest BCUT2D eigenvalue weighted by atomic mass is 10.2. The molecule has 9 heteroatoms. The van der Waals surface area contributed by atoms with E-state index in [-0.39, 0.29) is 5.69 Å². The van der Waals surface area contributed by atoms with E-state index in [2.05, 4.69) is 20.6 Å². The number of benzene rings is 2. The number of non-ortho nitro benzene ring substituents is 1. The maximum absolute atomic E-state index is 10.7. The second-order valence-electron chi connectivity index (χ2n) is 5.81. The van der Waals surface area contributed by atoms with Crippen LogP contribution in [0.15, 0.2) is 60.9 Å². The van der Waals surface area contributed by atoms with Crippen LogP contribution in [0, 0.1) is 10.1 Å². The molecule has 0 aliphatic rings. The van der Waals surface area contributed by atoms with Crippen LogP contribution in [-0.2, 0) is 6.54 Å². The predicted molar refractivity (Wildman–Crippen MR) is 107 cm³/mol. The van der Waals surface area contributed by atoms with Gasteiger partial charge in [0.1, 0.15) is 5.75 Å². The van der Waals surface area contributed by atoms with Gasteiger partial charge in [-0.25, -0.2) is 9.97 Å². The number of nitrogens with zero attached hydrogens (tertiary/aromatic N) is 3. The fourth-order valence-electron chi connectivity index (χ4n) is 2.44. The van der Waals surface area contributed by atoms with E-state index in [1.807, 2.05) is 24.3 Å². The standard InChI is InChI=1S/C19H18ClN5O3/c20-17-12-15(25(26)27)5-6-18(17)22-10-9-21-13-14-3-1-4-16(11-14)28-19-23-7-2-8-24-19/h1-8,11-12,21-22H,9-10,13H2. The van der Waals surface area contributed by atoms with Gasteiger partial charge in [-0.3, -0.25) is 10.1 Å². The largest absolute Gasteiger partial charge is 0.424 e. The maximum Gasteiger partial charge on any atom is 0.321 e. The van der Waals surface area contributed by atoms with Gasteiger partial charge in [0.05, 0.1) is 15.6 Å². The molecule has 0 aliphatic carbocycles. The van der Waals surface area contributed by atoms with E-state index >= 15 is 0 Å². The number of nitro groups is 1. The van der Waals surface area contributed by atoms with E-state index in [0.29, 0.717) is 42.1 Å². The van der Waals surface area contributed by atoms with Crippen LogP contribution in [0.5, 0.6) is 11.8 Å². The first-order chi connectivity index (χ1) is 13.6. The van der Waals surface area contributed by atoms with E-state index in [4.69, 9.17) is 16.3 Å². The summed E-state index contributed by atoms with van der Waals surface area (Å²) in [7, 11) is 0. The summed E-state index contributed by atoms with van der Waals surface area (Å²) < 4.78 is 5.62. The van der Waals surface area contributed by atoms with Crippen molar-refractivity contribution in [2.45, 2.75) is 6.54 Å². The fraction of sp³-hybridized carbons (Fsp3) is 0.158. The third-order valence-electron chi connectivity index (χ3n) is 3.76. The van der Waals surface area contributed by atoms with Gasteiger partial charge < -0.3 is 15.4 Å². The first-order valence-corrected chi connectivity index (χ1v) is 8.92. The molecule has 0 bridgehead atoms. The van der Waals surface area contributed by atoms with Crippen LogP contribution in [0.4, 0.5) is 11.4 Å². The summed E-state index contributed by atoms with van der Waals surface area (Å²) in [5.74, 6) is 0.668. The highest BCUT2D eigenvalue weighted by Crippen LogP contribution is 2.26. The van der Waals surface area contributed by atoms with E-state index < -0.39 is 4.92 Å². The summed E-state index contributed by atoms with van der Waals surface area (Å²) in [5, 5.41) is 17.5. The molecule has 0 radical (unpaired) electrons. The van der Waals surface area contributed by atoms with Crippen molar-refractivity contribution in [3.63, 3.8) is 0 Å². The molecule has 0 amide bonds. The molecule has 1 heterocycles. The fourth-order valence-corrected chi connectivity index (χ4v) is 2.68. The number of nitrogens with one attached hydrogen (secondary N) is 2. The van der Waals surface area contributed by atoms with Crippen molar-refractivity contribution in [2.24, 2.45) is 0 Å². The van der Waals surface area contributed by atoms with Crippen LogP contribution in [0.2, 0.25) is 5.02 Å². The predicted octanol–water partition coefficient (Wildman–Crippen LogP) is 4.03. The first-order valence-electron chi connectivity index (χ1n) is 8.54. The van der Waals surface area contributed by atoms with Gasteiger partial charge in [-0.05, 0) is 29.8 Å². The molecule has 0 saturated heterocycles. The van der Waals surface area contributed by atoms with Gasteiger partial charge in [-0.2, -0.15) is 0 Å². The Bertz CT molecular complexity index is 940. The third-order valence-corrected chi connectivity index (χ3v) is 4.07. The number of anilines is 1. The van der Waals surface area contributed by atoms with Gasteiger partial charge in [-0.1, -0.05) is 23.7 Å². The summed E-state index contributed by atoms with van der Waals surface area (Å²) >= 11 is 6.05. The molecule has 28 heavy (non-hydrogen) atoms. The lowest BCUT2D eigenvalue weighted by Crippen LogP contribution is -2.21. The molecule has 144 valence electrons. The average Bonchev–Trinajstić information content (AvgIpc) is 2.70. The molecule has 2 N–H and O–H groups in total. The van der Waals surface area contributed by atoms with Crippen LogP contribution in [0.3, 0.4) is 0 Å². The van der Waals surface area contributed by atoms with Crippen molar-refractivity contribution in [1.29, 1.82) is 0 Å². The number of halogens is 1. The van der Waals surface area contributed by atoms with E-state index in [1.165, 1.54) is 12.1 Å². The highest BCUT2D eigenvalue weighted by molar-refractivity contribution is 6.33. The minimum atomic E-state index is -0.473. The SMILES string of the molecule is O=[N+]([O-])c1ccc(NCCNCc2cccc(Oc3ncccn3)c2)c(Cl)c1. The Labute approximate surface area is 166 Å². The Kier molecular flexibility index (Phi) is 6.72. The molecule has 0 saturated carbocycles. The van der Waals surface area contributed by atoms with Crippen LogP contribution < -0.4 is 15.4 Å². The molecule has 0 fully saturated rings. The Morgan fingerprint density at radius 1 is 1.07 bits per heavy atom. The van der Waals surface area contributed by atoms with Crippen LogP contribution in [-0.4, -0.2) is 28.0 Å². The van der Waals surface area contributed by atoms with Crippen molar-refractivity contribution < 1.29 is 9.66 Å². The first kappa shape index (κ1) is 19.5. The molecule has 8 nitrogen and oxygen atoms in total. The second-order valence-corrected chi connectivity index (χ2v) is 6.21.